The lowest BCUT2D eigenvalue weighted by atomic mass is 9.88. The molecule has 0 radical (unpaired) electrons. The summed E-state index contributed by atoms with van der Waals surface area (Å²) >= 11 is 0. The van der Waals surface area contributed by atoms with Crippen molar-refractivity contribution in [3.05, 3.63) is 96.3 Å². The molecule has 0 fully saturated rings. The second kappa shape index (κ2) is 8.27. The van der Waals surface area contributed by atoms with Crippen LogP contribution >= 0.6 is 0 Å². The number of ketones is 1. The maximum absolute atomic E-state index is 12.3. The van der Waals surface area contributed by atoms with Crippen LogP contribution in [0.1, 0.15) is 11.1 Å². The van der Waals surface area contributed by atoms with E-state index in [0.717, 1.165) is 11.1 Å². The summed E-state index contributed by atoms with van der Waals surface area (Å²) in [6.07, 6.45) is 8.51. The lowest BCUT2D eigenvalue weighted by Gasteiger charge is -2.28. The van der Waals surface area contributed by atoms with Crippen LogP contribution in [0.5, 0.6) is 0 Å². The van der Waals surface area contributed by atoms with Gasteiger partial charge in [0.2, 0.25) is 0 Å². The third-order valence-electron chi connectivity index (χ3n) is 4.08. The third-order valence-corrected chi connectivity index (χ3v) is 4.08. The molecule has 3 nitrogen and oxygen atoms in total. The Bertz CT molecular complexity index is 775. The highest BCUT2D eigenvalue weighted by molar-refractivity contribution is 5.93. The Balaban J connectivity index is 1.76. The normalized spacial score (nSPS) is 21.6. The van der Waals surface area contributed by atoms with Crippen molar-refractivity contribution in [3.8, 4) is 0 Å². The molecule has 126 valence electrons. The van der Waals surface area contributed by atoms with Crippen molar-refractivity contribution in [1.82, 2.24) is 0 Å². The molecule has 25 heavy (non-hydrogen) atoms. The predicted octanol–water partition coefficient (Wildman–Crippen LogP) is 3.87. The van der Waals surface area contributed by atoms with E-state index in [1.54, 1.807) is 6.08 Å². The highest BCUT2D eigenvalue weighted by atomic mass is 16.5. The molecule has 0 saturated heterocycles. The van der Waals surface area contributed by atoms with Crippen molar-refractivity contribution >= 4 is 17.9 Å². The number of rotatable bonds is 5. The van der Waals surface area contributed by atoms with Gasteiger partial charge in [-0.1, -0.05) is 78.9 Å². The van der Waals surface area contributed by atoms with Gasteiger partial charge >= 0.3 is 0 Å². The first-order valence-electron chi connectivity index (χ1n) is 8.24. The van der Waals surface area contributed by atoms with E-state index >= 15 is 0 Å². The minimum atomic E-state index is -0.928. The van der Waals surface area contributed by atoms with Gasteiger partial charge in [0, 0.05) is 6.08 Å². The highest BCUT2D eigenvalue weighted by Gasteiger charge is 2.34. The number of allylic oxidation sites excluding steroid dienone is 1. The van der Waals surface area contributed by atoms with Gasteiger partial charge in [0.05, 0.1) is 18.3 Å². The molecule has 0 saturated carbocycles. The van der Waals surface area contributed by atoms with E-state index in [1.165, 1.54) is 12.3 Å². The van der Waals surface area contributed by atoms with E-state index in [9.17, 15) is 9.90 Å². The molecular weight excluding hydrogens is 312 g/mol. The first kappa shape index (κ1) is 16.9. The van der Waals surface area contributed by atoms with Crippen molar-refractivity contribution in [1.29, 1.82) is 0 Å². The monoisotopic (exact) mass is 332 g/mol. The minimum absolute atomic E-state index is 0.140. The van der Waals surface area contributed by atoms with Crippen LogP contribution in [0, 0.1) is 5.92 Å². The number of ether oxygens (including phenoxy) is 1. The first-order chi connectivity index (χ1) is 12.2. The van der Waals surface area contributed by atoms with Crippen LogP contribution < -0.4 is 0 Å². The highest BCUT2D eigenvalue weighted by Crippen LogP contribution is 2.23. The maximum Gasteiger partial charge on any atom is 0.168 e. The standard InChI is InChI=1S/C22H20O3/c23-19(13-11-17-7-3-1-4-8-17)22-20(24)15-16-25-21(22)14-12-18-9-5-2-6-10-18/h1-16,19,21-23H/b13-11+,14-12+/t19-,21-,22+/m0/s1. The fourth-order valence-corrected chi connectivity index (χ4v) is 2.75. The fourth-order valence-electron chi connectivity index (χ4n) is 2.75. The Kier molecular flexibility index (Phi) is 5.60. The molecule has 1 aliphatic rings. The molecule has 0 aliphatic carbocycles. The molecular formula is C22H20O3. The van der Waals surface area contributed by atoms with Crippen LogP contribution in [0.3, 0.4) is 0 Å². The zero-order valence-electron chi connectivity index (χ0n) is 13.7. The van der Waals surface area contributed by atoms with Crippen LogP contribution in [0.4, 0.5) is 0 Å². The van der Waals surface area contributed by atoms with Crippen molar-refractivity contribution in [3.63, 3.8) is 0 Å². The van der Waals surface area contributed by atoms with Crippen LogP contribution in [0.2, 0.25) is 0 Å². The lowest BCUT2D eigenvalue weighted by Crippen LogP contribution is -2.38. The molecule has 0 aromatic heterocycles. The first-order valence-corrected chi connectivity index (χ1v) is 8.24. The van der Waals surface area contributed by atoms with Gasteiger partial charge in [-0.2, -0.15) is 0 Å². The summed E-state index contributed by atoms with van der Waals surface area (Å²) in [6, 6.07) is 19.4. The minimum Gasteiger partial charge on any atom is -0.493 e. The second-order valence-corrected chi connectivity index (χ2v) is 5.86. The van der Waals surface area contributed by atoms with Crippen LogP contribution in [0.15, 0.2) is 85.2 Å². The third kappa shape index (κ3) is 4.55. The van der Waals surface area contributed by atoms with E-state index in [2.05, 4.69) is 0 Å². The van der Waals surface area contributed by atoms with Gasteiger partial charge in [-0.05, 0) is 17.2 Å². The average molecular weight is 332 g/mol. The van der Waals surface area contributed by atoms with E-state index < -0.39 is 18.1 Å². The SMILES string of the molecule is O=C1C=CO[C@@H](/C=C/c2ccccc2)[C@@H]1[C@@H](O)/C=C/c1ccccc1. The molecule has 0 bridgehead atoms. The molecule has 0 unspecified atom stereocenters. The summed E-state index contributed by atoms with van der Waals surface area (Å²) in [4.78, 5) is 12.3. The fraction of sp³-hybridized carbons (Fsp3) is 0.136. The number of benzene rings is 2. The molecule has 1 aliphatic heterocycles. The van der Waals surface area contributed by atoms with Gasteiger partial charge in [-0.15, -0.1) is 0 Å². The van der Waals surface area contributed by atoms with E-state index in [1.807, 2.05) is 78.9 Å². The van der Waals surface area contributed by atoms with Gasteiger partial charge in [0.15, 0.2) is 5.78 Å². The van der Waals surface area contributed by atoms with Crippen molar-refractivity contribution in [2.45, 2.75) is 12.2 Å². The number of aliphatic hydroxyl groups is 1. The number of aliphatic hydroxyl groups excluding tert-OH is 1. The number of hydrogen-bond acceptors (Lipinski definition) is 3. The lowest BCUT2D eigenvalue weighted by molar-refractivity contribution is -0.126. The molecule has 2 aromatic rings. The Labute approximate surface area is 147 Å². The molecule has 2 aromatic carbocycles. The van der Waals surface area contributed by atoms with Gasteiger partial charge < -0.3 is 9.84 Å². The predicted molar refractivity (Wildman–Crippen MR) is 99.5 cm³/mol. The number of carbonyl (C=O) groups excluding carboxylic acids is 1. The molecule has 3 atom stereocenters. The molecule has 1 N–H and O–H groups in total. The maximum atomic E-state index is 12.3. The van der Waals surface area contributed by atoms with Crippen LogP contribution in [-0.2, 0) is 9.53 Å². The smallest absolute Gasteiger partial charge is 0.168 e. The molecule has 1 heterocycles. The summed E-state index contributed by atoms with van der Waals surface area (Å²) in [5, 5.41) is 10.5. The molecule has 3 rings (SSSR count). The van der Waals surface area contributed by atoms with E-state index in [-0.39, 0.29) is 5.78 Å². The van der Waals surface area contributed by atoms with Gasteiger partial charge in [0.25, 0.3) is 0 Å². The zero-order chi connectivity index (χ0) is 17.5. The molecule has 0 spiro atoms. The summed E-state index contributed by atoms with van der Waals surface area (Å²) in [5.74, 6) is -0.802. The molecule has 0 amide bonds. The van der Waals surface area contributed by atoms with Gasteiger partial charge in [0.1, 0.15) is 6.10 Å². The topological polar surface area (TPSA) is 46.5 Å². The Morgan fingerprint density at radius 1 is 0.920 bits per heavy atom. The average Bonchev–Trinajstić information content (AvgIpc) is 2.66. The van der Waals surface area contributed by atoms with Crippen LogP contribution in [0.25, 0.3) is 12.2 Å². The van der Waals surface area contributed by atoms with Crippen molar-refractivity contribution < 1.29 is 14.6 Å². The van der Waals surface area contributed by atoms with Crippen molar-refractivity contribution in [2.24, 2.45) is 5.92 Å². The van der Waals surface area contributed by atoms with Crippen LogP contribution in [-0.4, -0.2) is 23.1 Å². The summed E-state index contributed by atoms with van der Waals surface area (Å²) in [5.41, 5.74) is 1.99. The largest absolute Gasteiger partial charge is 0.493 e. The summed E-state index contributed by atoms with van der Waals surface area (Å²) in [6.45, 7) is 0. The quantitative estimate of drug-likeness (QED) is 0.904. The van der Waals surface area contributed by atoms with Crippen molar-refractivity contribution in [2.75, 3.05) is 0 Å². The zero-order valence-corrected chi connectivity index (χ0v) is 13.7. The second-order valence-electron chi connectivity index (χ2n) is 5.86. The Morgan fingerprint density at radius 3 is 2.16 bits per heavy atom. The number of hydrogen-bond donors (Lipinski definition) is 1. The molecule has 3 heteroatoms. The summed E-state index contributed by atoms with van der Waals surface area (Å²) in [7, 11) is 0. The van der Waals surface area contributed by atoms with Gasteiger partial charge in [-0.3, -0.25) is 4.79 Å². The van der Waals surface area contributed by atoms with E-state index in [4.69, 9.17) is 4.74 Å². The number of carbonyl (C=O) groups is 1. The Morgan fingerprint density at radius 2 is 1.52 bits per heavy atom. The Hall–Kier alpha value is -2.91. The summed E-state index contributed by atoms with van der Waals surface area (Å²) < 4.78 is 5.57. The van der Waals surface area contributed by atoms with Gasteiger partial charge in [-0.25, -0.2) is 0 Å². The van der Waals surface area contributed by atoms with E-state index in [0.29, 0.717) is 0 Å².